The summed E-state index contributed by atoms with van der Waals surface area (Å²) >= 11 is 1.22. The van der Waals surface area contributed by atoms with Crippen LogP contribution < -0.4 is 10.9 Å². The lowest BCUT2D eigenvalue weighted by Gasteiger charge is -2.04. The first kappa shape index (κ1) is 16.6. The number of carbonyl (C=O) groups excluding carboxylic acids is 1. The number of fused-ring (bicyclic) bond motifs is 3. The van der Waals surface area contributed by atoms with E-state index in [0.717, 1.165) is 28.6 Å². The number of aromatic nitrogens is 2. The summed E-state index contributed by atoms with van der Waals surface area (Å²) < 4.78 is 6.51. The molecule has 0 atom stereocenters. The van der Waals surface area contributed by atoms with Crippen molar-refractivity contribution < 1.29 is 9.53 Å². The third kappa shape index (κ3) is 3.05. The summed E-state index contributed by atoms with van der Waals surface area (Å²) in [7, 11) is 1.62. The normalized spacial score (nSPS) is 11.3. The Kier molecular flexibility index (Phi) is 4.64. The SMILES string of the molecule is COCCCNC(=O)c1cc(=O)n2c(nc3cc(C)c(C)cc32)s1. The van der Waals surface area contributed by atoms with E-state index in [1.807, 2.05) is 26.0 Å². The average molecular weight is 345 g/mol. The maximum atomic E-state index is 12.5. The molecule has 2 heterocycles. The van der Waals surface area contributed by atoms with E-state index in [-0.39, 0.29) is 11.5 Å². The molecule has 24 heavy (non-hydrogen) atoms. The van der Waals surface area contributed by atoms with Crippen LogP contribution in [0.25, 0.3) is 16.0 Å². The first-order valence-electron chi connectivity index (χ1n) is 7.72. The van der Waals surface area contributed by atoms with Crippen LogP contribution >= 0.6 is 11.3 Å². The number of carbonyl (C=O) groups is 1. The second kappa shape index (κ2) is 6.70. The fourth-order valence-electron chi connectivity index (χ4n) is 2.51. The molecule has 0 bridgehead atoms. The minimum absolute atomic E-state index is 0.239. The van der Waals surface area contributed by atoms with Crippen LogP contribution in [-0.4, -0.2) is 35.6 Å². The molecule has 1 amide bonds. The number of nitrogens with one attached hydrogen (secondary N) is 1. The van der Waals surface area contributed by atoms with Crippen LogP contribution in [0, 0.1) is 13.8 Å². The van der Waals surface area contributed by atoms with Crippen LogP contribution in [0.15, 0.2) is 23.0 Å². The van der Waals surface area contributed by atoms with Crippen molar-refractivity contribution in [2.24, 2.45) is 0 Å². The number of rotatable bonds is 5. The van der Waals surface area contributed by atoms with Gasteiger partial charge in [0.25, 0.3) is 11.5 Å². The van der Waals surface area contributed by atoms with Gasteiger partial charge in [-0.25, -0.2) is 4.98 Å². The Hall–Kier alpha value is -2.25. The maximum Gasteiger partial charge on any atom is 0.261 e. The summed E-state index contributed by atoms with van der Waals surface area (Å²) in [5, 5.41) is 2.79. The third-order valence-electron chi connectivity index (χ3n) is 3.95. The summed E-state index contributed by atoms with van der Waals surface area (Å²) in [5.41, 5.74) is 3.54. The predicted octanol–water partition coefficient (Wildman–Crippen LogP) is 2.29. The molecule has 0 radical (unpaired) electrons. The largest absolute Gasteiger partial charge is 0.385 e. The molecule has 0 aliphatic heterocycles. The first-order valence-corrected chi connectivity index (χ1v) is 8.53. The van der Waals surface area contributed by atoms with Crippen LogP contribution in [0.2, 0.25) is 0 Å². The zero-order chi connectivity index (χ0) is 17.3. The monoisotopic (exact) mass is 345 g/mol. The van der Waals surface area contributed by atoms with Crippen molar-refractivity contribution in [1.82, 2.24) is 14.7 Å². The summed E-state index contributed by atoms with van der Waals surface area (Å²) in [6, 6.07) is 5.30. The summed E-state index contributed by atoms with van der Waals surface area (Å²) in [6.45, 7) is 5.11. The molecule has 126 valence electrons. The Bertz CT molecular complexity index is 975. The van der Waals surface area contributed by atoms with Gasteiger partial charge in [0.15, 0.2) is 4.96 Å². The average Bonchev–Trinajstić information content (AvgIpc) is 2.89. The molecule has 1 N–H and O–H groups in total. The van der Waals surface area contributed by atoms with Crippen LogP contribution in [-0.2, 0) is 4.74 Å². The molecule has 0 aliphatic rings. The van der Waals surface area contributed by atoms with E-state index in [0.29, 0.717) is 23.0 Å². The highest BCUT2D eigenvalue weighted by atomic mass is 32.1. The van der Waals surface area contributed by atoms with Gasteiger partial charge in [-0.15, -0.1) is 0 Å². The van der Waals surface area contributed by atoms with Crippen LogP contribution in [0.5, 0.6) is 0 Å². The molecular weight excluding hydrogens is 326 g/mol. The number of methoxy groups -OCH3 is 1. The highest BCUT2D eigenvalue weighted by Gasteiger charge is 2.14. The molecule has 0 aliphatic carbocycles. The Labute approximate surface area is 143 Å². The lowest BCUT2D eigenvalue weighted by Crippen LogP contribution is -2.26. The number of benzene rings is 1. The van der Waals surface area contributed by atoms with Crippen molar-refractivity contribution in [3.63, 3.8) is 0 Å². The number of nitrogens with zero attached hydrogens (tertiary/aromatic N) is 2. The van der Waals surface area contributed by atoms with E-state index < -0.39 is 0 Å². The van der Waals surface area contributed by atoms with Crippen molar-refractivity contribution in [3.8, 4) is 0 Å². The van der Waals surface area contributed by atoms with Crippen LogP contribution in [0.1, 0.15) is 27.2 Å². The van der Waals surface area contributed by atoms with Crippen LogP contribution in [0.4, 0.5) is 0 Å². The van der Waals surface area contributed by atoms with Crippen molar-refractivity contribution in [1.29, 1.82) is 0 Å². The highest BCUT2D eigenvalue weighted by Crippen LogP contribution is 2.22. The van der Waals surface area contributed by atoms with Crippen molar-refractivity contribution >= 4 is 33.2 Å². The van der Waals surface area contributed by atoms with Gasteiger partial charge >= 0.3 is 0 Å². The lowest BCUT2D eigenvalue weighted by atomic mass is 10.1. The summed E-state index contributed by atoms with van der Waals surface area (Å²) in [4.78, 5) is 30.1. The van der Waals surface area contributed by atoms with E-state index in [1.54, 1.807) is 11.5 Å². The zero-order valence-corrected chi connectivity index (χ0v) is 14.7. The van der Waals surface area contributed by atoms with Crippen molar-refractivity contribution in [2.45, 2.75) is 20.3 Å². The molecule has 6 nitrogen and oxygen atoms in total. The minimum atomic E-state index is -0.255. The molecule has 0 spiro atoms. The molecule has 0 unspecified atom stereocenters. The number of aryl methyl sites for hydroxylation is 2. The summed E-state index contributed by atoms with van der Waals surface area (Å²) in [5.74, 6) is -0.255. The van der Waals surface area contributed by atoms with Gasteiger partial charge in [-0.3, -0.25) is 14.0 Å². The molecule has 0 saturated carbocycles. The highest BCUT2D eigenvalue weighted by molar-refractivity contribution is 7.18. The van der Waals surface area contributed by atoms with Gasteiger partial charge in [0, 0.05) is 26.3 Å². The molecule has 0 saturated heterocycles. The number of ether oxygens (including phenoxy) is 1. The Balaban J connectivity index is 2.00. The number of amides is 1. The lowest BCUT2D eigenvalue weighted by molar-refractivity contribution is 0.0952. The molecule has 3 rings (SSSR count). The van der Waals surface area contributed by atoms with Crippen molar-refractivity contribution in [2.75, 3.05) is 20.3 Å². The molecule has 3 aromatic rings. The van der Waals surface area contributed by atoms with Gasteiger partial charge in [-0.1, -0.05) is 11.3 Å². The predicted molar refractivity (Wildman–Crippen MR) is 95.1 cm³/mol. The van der Waals surface area contributed by atoms with Gasteiger partial charge < -0.3 is 10.1 Å². The van der Waals surface area contributed by atoms with Crippen molar-refractivity contribution in [3.05, 3.63) is 44.6 Å². The maximum absolute atomic E-state index is 12.5. The Morgan fingerprint density at radius 2 is 2.04 bits per heavy atom. The van der Waals surface area contributed by atoms with E-state index in [9.17, 15) is 9.59 Å². The second-order valence-corrected chi connectivity index (χ2v) is 6.72. The van der Waals surface area contributed by atoms with Gasteiger partial charge in [-0.05, 0) is 43.5 Å². The van der Waals surface area contributed by atoms with Gasteiger partial charge in [-0.2, -0.15) is 0 Å². The smallest absolute Gasteiger partial charge is 0.261 e. The number of hydrogen-bond acceptors (Lipinski definition) is 5. The Morgan fingerprint density at radius 1 is 1.29 bits per heavy atom. The molecule has 1 aromatic carbocycles. The van der Waals surface area contributed by atoms with E-state index in [2.05, 4.69) is 10.3 Å². The van der Waals surface area contributed by atoms with Gasteiger partial charge in [0.05, 0.1) is 11.0 Å². The van der Waals surface area contributed by atoms with E-state index in [4.69, 9.17) is 4.74 Å². The zero-order valence-electron chi connectivity index (χ0n) is 13.9. The molecule has 0 fully saturated rings. The first-order chi connectivity index (χ1) is 11.5. The van der Waals surface area contributed by atoms with Gasteiger partial charge in [0.2, 0.25) is 0 Å². The minimum Gasteiger partial charge on any atom is -0.385 e. The number of hydrogen-bond donors (Lipinski definition) is 1. The Morgan fingerprint density at radius 3 is 2.79 bits per heavy atom. The van der Waals surface area contributed by atoms with E-state index in [1.165, 1.54) is 17.4 Å². The second-order valence-electron chi connectivity index (χ2n) is 5.71. The standard InChI is InChI=1S/C17H19N3O3S/c1-10-7-12-13(8-11(10)2)20-15(21)9-14(24-17(20)19-12)16(22)18-5-4-6-23-3/h7-9H,4-6H2,1-3H3,(H,18,22). The quantitative estimate of drug-likeness (QED) is 0.720. The molecular formula is C17H19N3O3S. The van der Waals surface area contributed by atoms with Crippen LogP contribution in [0.3, 0.4) is 0 Å². The van der Waals surface area contributed by atoms with E-state index >= 15 is 0 Å². The fourth-order valence-corrected chi connectivity index (χ4v) is 3.46. The molecule has 7 heteroatoms. The molecule has 2 aromatic heterocycles. The topological polar surface area (TPSA) is 72.7 Å². The van der Waals surface area contributed by atoms with Gasteiger partial charge in [0.1, 0.15) is 4.88 Å². The fraction of sp³-hybridized carbons (Fsp3) is 0.353. The number of imidazole rings is 1. The summed E-state index contributed by atoms with van der Waals surface area (Å²) in [6.07, 6.45) is 0.727. The third-order valence-corrected chi connectivity index (χ3v) is 4.93.